The summed E-state index contributed by atoms with van der Waals surface area (Å²) in [6.45, 7) is 8.59. The molecule has 1 saturated heterocycles. The van der Waals surface area contributed by atoms with Gasteiger partial charge in [0, 0.05) is 38.3 Å². The maximum absolute atomic E-state index is 5.97. The van der Waals surface area contributed by atoms with E-state index in [9.17, 15) is 0 Å². The van der Waals surface area contributed by atoms with Crippen molar-refractivity contribution in [3.63, 3.8) is 0 Å². The van der Waals surface area contributed by atoms with E-state index in [0.717, 1.165) is 12.5 Å². The quantitative estimate of drug-likeness (QED) is 0.786. The predicted molar refractivity (Wildman–Crippen MR) is 77.8 cm³/mol. The predicted octanol–water partition coefficient (Wildman–Crippen LogP) is 2.06. The van der Waals surface area contributed by atoms with E-state index in [0.29, 0.717) is 6.04 Å². The van der Waals surface area contributed by atoms with Crippen molar-refractivity contribution in [1.29, 1.82) is 0 Å². The molecule has 1 aliphatic heterocycles. The van der Waals surface area contributed by atoms with E-state index in [1.807, 2.05) is 0 Å². The summed E-state index contributed by atoms with van der Waals surface area (Å²) in [5.74, 6) is 0. The van der Waals surface area contributed by atoms with E-state index in [4.69, 9.17) is 5.73 Å². The molecule has 2 N–H and O–H groups in total. The highest BCUT2D eigenvalue weighted by molar-refractivity contribution is 4.82. The Labute approximate surface area is 113 Å². The van der Waals surface area contributed by atoms with Crippen LogP contribution in [0.4, 0.5) is 0 Å². The van der Waals surface area contributed by atoms with E-state index in [1.54, 1.807) is 0 Å². The molecule has 0 spiro atoms. The Bertz CT molecular complexity index is 218. The van der Waals surface area contributed by atoms with E-state index in [2.05, 4.69) is 16.7 Å². The van der Waals surface area contributed by atoms with Gasteiger partial charge in [-0.2, -0.15) is 0 Å². The molecule has 18 heavy (non-hydrogen) atoms. The van der Waals surface area contributed by atoms with Gasteiger partial charge in [0.2, 0.25) is 0 Å². The van der Waals surface area contributed by atoms with Crippen LogP contribution < -0.4 is 5.73 Å². The monoisotopic (exact) mass is 253 g/mol. The van der Waals surface area contributed by atoms with Gasteiger partial charge in [0.1, 0.15) is 0 Å². The minimum atomic E-state index is 0.421. The van der Waals surface area contributed by atoms with Gasteiger partial charge in [-0.1, -0.05) is 19.8 Å². The second-order valence-corrected chi connectivity index (χ2v) is 6.13. The van der Waals surface area contributed by atoms with Crippen molar-refractivity contribution >= 4 is 0 Å². The van der Waals surface area contributed by atoms with Gasteiger partial charge in [-0.3, -0.25) is 4.90 Å². The molecule has 3 nitrogen and oxygen atoms in total. The van der Waals surface area contributed by atoms with Crippen LogP contribution in [-0.2, 0) is 0 Å². The highest BCUT2D eigenvalue weighted by Crippen LogP contribution is 2.24. The second kappa shape index (κ2) is 7.46. The van der Waals surface area contributed by atoms with Gasteiger partial charge >= 0.3 is 0 Å². The Morgan fingerprint density at radius 1 is 1.11 bits per heavy atom. The average molecular weight is 253 g/mol. The van der Waals surface area contributed by atoms with E-state index < -0.39 is 0 Å². The summed E-state index contributed by atoms with van der Waals surface area (Å²) < 4.78 is 0. The molecule has 106 valence electrons. The molecule has 0 amide bonds. The summed E-state index contributed by atoms with van der Waals surface area (Å²) in [7, 11) is 0. The fraction of sp³-hybridized carbons (Fsp3) is 1.00. The van der Waals surface area contributed by atoms with Gasteiger partial charge in [-0.15, -0.1) is 0 Å². The molecule has 2 fully saturated rings. The molecule has 1 atom stereocenters. The van der Waals surface area contributed by atoms with Crippen LogP contribution >= 0.6 is 0 Å². The summed E-state index contributed by atoms with van der Waals surface area (Å²) in [4.78, 5) is 5.37. The molecule has 0 aromatic heterocycles. The van der Waals surface area contributed by atoms with Crippen molar-refractivity contribution in [2.75, 3.05) is 32.7 Å². The summed E-state index contributed by atoms with van der Waals surface area (Å²) >= 11 is 0. The van der Waals surface area contributed by atoms with Gasteiger partial charge in [-0.05, 0) is 38.6 Å². The summed E-state index contributed by atoms with van der Waals surface area (Å²) in [5.41, 5.74) is 5.97. The fourth-order valence-electron chi connectivity index (χ4n) is 3.40. The van der Waals surface area contributed by atoms with Gasteiger partial charge < -0.3 is 10.6 Å². The zero-order valence-electron chi connectivity index (χ0n) is 12.1. The van der Waals surface area contributed by atoms with Crippen LogP contribution in [0.1, 0.15) is 51.9 Å². The fourth-order valence-corrected chi connectivity index (χ4v) is 3.40. The number of piperazine rings is 1. The van der Waals surface area contributed by atoms with E-state index in [-0.39, 0.29) is 0 Å². The molecule has 1 unspecified atom stereocenters. The smallest absolute Gasteiger partial charge is 0.0113 e. The van der Waals surface area contributed by atoms with Crippen LogP contribution in [0.3, 0.4) is 0 Å². The van der Waals surface area contributed by atoms with E-state index >= 15 is 0 Å². The number of hydrogen-bond acceptors (Lipinski definition) is 3. The SMILES string of the molecule is CCC(N)CCCN1CCN(C2CCCC2)CC1. The lowest BCUT2D eigenvalue weighted by molar-refractivity contribution is 0.0965. The third-order valence-electron chi connectivity index (χ3n) is 4.82. The van der Waals surface area contributed by atoms with Crippen LogP contribution in [0.15, 0.2) is 0 Å². The van der Waals surface area contributed by atoms with Gasteiger partial charge in [-0.25, -0.2) is 0 Å². The first-order valence-electron chi connectivity index (χ1n) is 8.01. The molecule has 1 heterocycles. The Morgan fingerprint density at radius 2 is 1.78 bits per heavy atom. The normalized spacial score (nSPS) is 25.7. The maximum Gasteiger partial charge on any atom is 0.0113 e. The van der Waals surface area contributed by atoms with Crippen LogP contribution in [0.2, 0.25) is 0 Å². The Hall–Kier alpha value is -0.120. The molecular weight excluding hydrogens is 222 g/mol. The summed E-state index contributed by atoms with van der Waals surface area (Å²) in [6.07, 6.45) is 9.41. The molecule has 0 bridgehead atoms. The van der Waals surface area contributed by atoms with Gasteiger partial charge in [0.15, 0.2) is 0 Å². The maximum atomic E-state index is 5.97. The minimum absolute atomic E-state index is 0.421. The van der Waals surface area contributed by atoms with Crippen molar-refractivity contribution in [2.45, 2.75) is 64.0 Å². The lowest BCUT2D eigenvalue weighted by Gasteiger charge is -2.38. The molecule has 0 aromatic rings. The first-order valence-corrected chi connectivity index (χ1v) is 8.01. The van der Waals surface area contributed by atoms with Crippen LogP contribution in [0, 0.1) is 0 Å². The van der Waals surface area contributed by atoms with Crippen molar-refractivity contribution < 1.29 is 0 Å². The molecule has 1 saturated carbocycles. The zero-order chi connectivity index (χ0) is 12.8. The minimum Gasteiger partial charge on any atom is -0.328 e. The third kappa shape index (κ3) is 4.22. The van der Waals surface area contributed by atoms with Crippen LogP contribution in [0.5, 0.6) is 0 Å². The second-order valence-electron chi connectivity index (χ2n) is 6.13. The van der Waals surface area contributed by atoms with E-state index in [1.165, 1.54) is 71.2 Å². The Balaban J connectivity index is 1.58. The number of hydrogen-bond donors (Lipinski definition) is 1. The standard InChI is InChI=1S/C15H31N3/c1-2-14(16)6-5-9-17-10-12-18(13-11-17)15-7-3-4-8-15/h14-15H,2-13,16H2,1H3. The van der Waals surface area contributed by atoms with Crippen molar-refractivity contribution in [2.24, 2.45) is 5.73 Å². The number of nitrogens with zero attached hydrogens (tertiary/aromatic N) is 2. The first-order chi connectivity index (χ1) is 8.79. The van der Waals surface area contributed by atoms with Crippen LogP contribution in [0.25, 0.3) is 0 Å². The molecule has 0 aromatic carbocycles. The lowest BCUT2D eigenvalue weighted by Crippen LogP contribution is -2.49. The van der Waals surface area contributed by atoms with Crippen LogP contribution in [-0.4, -0.2) is 54.6 Å². The third-order valence-corrected chi connectivity index (χ3v) is 4.82. The molecule has 3 heteroatoms. The first kappa shape index (κ1) is 14.3. The van der Waals surface area contributed by atoms with Crippen molar-refractivity contribution in [3.05, 3.63) is 0 Å². The molecule has 0 radical (unpaired) electrons. The van der Waals surface area contributed by atoms with Crippen molar-refractivity contribution in [3.8, 4) is 0 Å². The number of nitrogens with two attached hydrogens (primary N) is 1. The molecule has 2 rings (SSSR count). The largest absolute Gasteiger partial charge is 0.328 e. The van der Waals surface area contributed by atoms with Crippen molar-refractivity contribution in [1.82, 2.24) is 9.80 Å². The average Bonchev–Trinajstić information content (AvgIpc) is 2.93. The van der Waals surface area contributed by atoms with Gasteiger partial charge in [0.25, 0.3) is 0 Å². The highest BCUT2D eigenvalue weighted by Gasteiger charge is 2.25. The lowest BCUT2D eigenvalue weighted by atomic mass is 10.1. The highest BCUT2D eigenvalue weighted by atomic mass is 15.3. The zero-order valence-corrected chi connectivity index (χ0v) is 12.1. The number of rotatable bonds is 6. The topological polar surface area (TPSA) is 32.5 Å². The summed E-state index contributed by atoms with van der Waals surface area (Å²) in [6, 6.07) is 1.34. The van der Waals surface area contributed by atoms with Gasteiger partial charge in [0.05, 0.1) is 0 Å². The Kier molecular flexibility index (Phi) is 5.93. The molecule has 1 aliphatic carbocycles. The Morgan fingerprint density at radius 3 is 2.39 bits per heavy atom. The molecular formula is C15H31N3. The molecule has 2 aliphatic rings. The summed E-state index contributed by atoms with van der Waals surface area (Å²) in [5, 5.41) is 0.